The van der Waals surface area contributed by atoms with Gasteiger partial charge >= 0.3 is 0 Å². The number of benzene rings is 1. The van der Waals surface area contributed by atoms with Crippen LogP contribution in [0.1, 0.15) is 16.9 Å². The minimum atomic E-state index is 0.625. The molecule has 0 saturated carbocycles. The molecule has 134 valence electrons. The molecule has 5 nitrogen and oxygen atoms in total. The number of furan rings is 1. The van der Waals surface area contributed by atoms with Crippen molar-refractivity contribution in [2.24, 2.45) is 10.7 Å². The van der Waals surface area contributed by atoms with Crippen LogP contribution in [0.15, 0.2) is 52.1 Å². The molecule has 1 fully saturated rings. The molecule has 0 amide bonds. The minimum absolute atomic E-state index is 0.625. The summed E-state index contributed by atoms with van der Waals surface area (Å²) in [6, 6.07) is 12.4. The Morgan fingerprint density at radius 1 is 1.16 bits per heavy atom. The van der Waals surface area contributed by atoms with E-state index in [0.717, 1.165) is 43.4 Å². The fraction of sp³-hybridized carbons (Fsp3) is 0.421. The van der Waals surface area contributed by atoms with Crippen LogP contribution in [0.25, 0.3) is 0 Å². The van der Waals surface area contributed by atoms with Gasteiger partial charge in [-0.2, -0.15) is 11.8 Å². The average Bonchev–Trinajstić information content (AvgIpc) is 3.14. The Balaban J connectivity index is 1.62. The lowest BCUT2D eigenvalue weighted by atomic mass is 10.1. The topological polar surface area (TPSA) is 58.0 Å². The van der Waals surface area contributed by atoms with Gasteiger partial charge in [-0.15, -0.1) is 0 Å². The van der Waals surface area contributed by atoms with Crippen LogP contribution in [0.5, 0.6) is 0 Å². The van der Waals surface area contributed by atoms with Gasteiger partial charge in [-0.3, -0.25) is 4.90 Å². The van der Waals surface area contributed by atoms with Crippen LogP contribution in [0, 0.1) is 0 Å². The number of aliphatic imine (C=N–C) groups is 1. The maximum absolute atomic E-state index is 6.18. The Morgan fingerprint density at radius 2 is 1.92 bits per heavy atom. The lowest BCUT2D eigenvalue weighted by Gasteiger charge is -2.27. The second kappa shape index (κ2) is 8.97. The Kier molecular flexibility index (Phi) is 6.42. The first-order valence-corrected chi connectivity index (χ1v) is 9.78. The Hall–Kier alpha value is -1.92. The molecule has 1 aliphatic rings. The van der Waals surface area contributed by atoms with E-state index >= 15 is 0 Å². The molecule has 3 rings (SSSR count). The molecule has 0 bridgehead atoms. The van der Waals surface area contributed by atoms with Crippen LogP contribution >= 0.6 is 11.8 Å². The number of rotatable bonds is 6. The summed E-state index contributed by atoms with van der Waals surface area (Å²) in [6.07, 6.45) is 1.72. The average molecular weight is 359 g/mol. The van der Waals surface area contributed by atoms with E-state index in [2.05, 4.69) is 46.1 Å². The molecule has 1 aliphatic heterocycles. The molecule has 1 aromatic carbocycles. The normalized spacial score (nSPS) is 15.8. The van der Waals surface area contributed by atoms with Gasteiger partial charge < -0.3 is 15.1 Å². The van der Waals surface area contributed by atoms with Crippen molar-refractivity contribution >= 4 is 17.7 Å². The van der Waals surface area contributed by atoms with Crippen molar-refractivity contribution in [1.82, 2.24) is 9.80 Å². The number of nitrogens with two attached hydrogens (primary N) is 1. The Labute approximate surface area is 153 Å². The number of hydrogen-bond acceptors (Lipinski definition) is 4. The van der Waals surface area contributed by atoms with Crippen LogP contribution in [-0.2, 0) is 19.6 Å². The summed E-state index contributed by atoms with van der Waals surface area (Å²) in [7, 11) is 2.10. The van der Waals surface area contributed by atoms with Gasteiger partial charge in [0.15, 0.2) is 5.96 Å². The fourth-order valence-electron chi connectivity index (χ4n) is 2.94. The van der Waals surface area contributed by atoms with Crippen LogP contribution < -0.4 is 5.73 Å². The highest BCUT2D eigenvalue weighted by Crippen LogP contribution is 2.15. The van der Waals surface area contributed by atoms with Crippen LogP contribution in [-0.4, -0.2) is 47.4 Å². The van der Waals surface area contributed by atoms with Crippen molar-refractivity contribution in [3.8, 4) is 0 Å². The standard InChI is InChI=1S/C19H26N4OS/c1-22(15-18-7-4-10-24-18)14-17-6-3-2-5-16(17)13-21-19(20)23-8-11-25-12-9-23/h2-7,10H,8-9,11-15H2,1H3,(H2,20,21). The van der Waals surface area contributed by atoms with Crippen molar-refractivity contribution in [3.05, 3.63) is 59.5 Å². The minimum Gasteiger partial charge on any atom is -0.468 e. The lowest BCUT2D eigenvalue weighted by molar-refractivity contribution is 0.287. The van der Waals surface area contributed by atoms with Crippen molar-refractivity contribution in [2.75, 3.05) is 31.6 Å². The molecular formula is C19H26N4OS. The molecule has 0 unspecified atom stereocenters. The third-order valence-corrected chi connectivity index (χ3v) is 5.25. The fourth-order valence-corrected chi connectivity index (χ4v) is 3.84. The summed E-state index contributed by atoms with van der Waals surface area (Å²) in [5, 5.41) is 0. The highest BCUT2D eigenvalue weighted by atomic mass is 32.2. The highest BCUT2D eigenvalue weighted by Gasteiger charge is 2.12. The Morgan fingerprint density at radius 3 is 2.64 bits per heavy atom. The first-order valence-electron chi connectivity index (χ1n) is 8.62. The maximum Gasteiger partial charge on any atom is 0.191 e. The molecule has 0 atom stereocenters. The predicted octanol–water partition coefficient (Wildman–Crippen LogP) is 2.78. The largest absolute Gasteiger partial charge is 0.468 e. The predicted molar refractivity (Wildman–Crippen MR) is 105 cm³/mol. The molecule has 0 spiro atoms. The van der Waals surface area contributed by atoms with Gasteiger partial charge in [-0.25, -0.2) is 4.99 Å². The van der Waals surface area contributed by atoms with Crippen molar-refractivity contribution < 1.29 is 4.42 Å². The SMILES string of the molecule is CN(Cc1ccco1)Cc1ccccc1CN=C(N)N1CCSCC1. The van der Waals surface area contributed by atoms with Gasteiger partial charge in [-0.05, 0) is 30.3 Å². The molecule has 1 saturated heterocycles. The molecule has 6 heteroatoms. The number of thioether (sulfide) groups is 1. The third-order valence-electron chi connectivity index (χ3n) is 4.31. The second-order valence-electron chi connectivity index (χ2n) is 6.29. The zero-order valence-corrected chi connectivity index (χ0v) is 15.5. The zero-order chi connectivity index (χ0) is 17.5. The molecule has 2 heterocycles. The summed E-state index contributed by atoms with van der Waals surface area (Å²) in [5.74, 6) is 3.90. The van der Waals surface area contributed by atoms with Gasteiger partial charge in [0.05, 0.1) is 19.4 Å². The summed E-state index contributed by atoms with van der Waals surface area (Å²) in [6.45, 7) is 4.26. The monoisotopic (exact) mass is 358 g/mol. The molecule has 25 heavy (non-hydrogen) atoms. The second-order valence-corrected chi connectivity index (χ2v) is 7.52. The maximum atomic E-state index is 6.18. The van der Waals surface area contributed by atoms with Crippen molar-refractivity contribution in [2.45, 2.75) is 19.6 Å². The first kappa shape index (κ1) is 17.9. The van der Waals surface area contributed by atoms with E-state index in [-0.39, 0.29) is 0 Å². The van der Waals surface area contributed by atoms with Gasteiger partial charge in [0.1, 0.15) is 5.76 Å². The van der Waals surface area contributed by atoms with Crippen molar-refractivity contribution in [1.29, 1.82) is 0 Å². The van der Waals surface area contributed by atoms with Gasteiger partial charge in [0, 0.05) is 31.1 Å². The molecule has 0 aliphatic carbocycles. The third kappa shape index (κ3) is 5.28. The number of guanidine groups is 1. The van der Waals surface area contributed by atoms with Crippen molar-refractivity contribution in [3.63, 3.8) is 0 Å². The smallest absolute Gasteiger partial charge is 0.191 e. The summed E-state index contributed by atoms with van der Waals surface area (Å²) < 4.78 is 5.43. The molecular weight excluding hydrogens is 332 g/mol. The molecule has 1 aromatic heterocycles. The highest BCUT2D eigenvalue weighted by molar-refractivity contribution is 7.99. The van der Waals surface area contributed by atoms with E-state index < -0.39 is 0 Å². The van der Waals surface area contributed by atoms with E-state index in [0.29, 0.717) is 12.5 Å². The molecule has 2 N–H and O–H groups in total. The first-order chi connectivity index (χ1) is 12.2. The van der Waals surface area contributed by atoms with Gasteiger partial charge in [0.2, 0.25) is 0 Å². The van der Waals surface area contributed by atoms with E-state index in [1.165, 1.54) is 11.1 Å². The summed E-state index contributed by atoms with van der Waals surface area (Å²) >= 11 is 1.98. The summed E-state index contributed by atoms with van der Waals surface area (Å²) in [4.78, 5) is 9.06. The zero-order valence-electron chi connectivity index (χ0n) is 14.7. The van der Waals surface area contributed by atoms with E-state index in [1.807, 2.05) is 23.9 Å². The molecule has 0 radical (unpaired) electrons. The molecule has 2 aromatic rings. The number of hydrogen-bond donors (Lipinski definition) is 1. The lowest BCUT2D eigenvalue weighted by Crippen LogP contribution is -2.42. The van der Waals surface area contributed by atoms with Crippen LogP contribution in [0.3, 0.4) is 0 Å². The van der Waals surface area contributed by atoms with Gasteiger partial charge in [0.25, 0.3) is 0 Å². The van der Waals surface area contributed by atoms with E-state index in [1.54, 1.807) is 6.26 Å². The van der Waals surface area contributed by atoms with E-state index in [9.17, 15) is 0 Å². The van der Waals surface area contributed by atoms with Crippen LogP contribution in [0.2, 0.25) is 0 Å². The summed E-state index contributed by atoms with van der Waals surface area (Å²) in [5.41, 5.74) is 8.69. The Bertz CT molecular complexity index is 680. The number of nitrogens with zero attached hydrogens (tertiary/aromatic N) is 3. The van der Waals surface area contributed by atoms with Gasteiger partial charge in [-0.1, -0.05) is 24.3 Å². The quantitative estimate of drug-likeness (QED) is 0.636. The van der Waals surface area contributed by atoms with E-state index in [4.69, 9.17) is 10.2 Å². The van der Waals surface area contributed by atoms with Crippen LogP contribution in [0.4, 0.5) is 0 Å².